The van der Waals surface area contributed by atoms with Gasteiger partial charge >= 0.3 is 0 Å². The molecule has 1 aromatic rings. The molecule has 0 spiro atoms. The van der Waals surface area contributed by atoms with E-state index in [2.05, 4.69) is 21.2 Å². The average Bonchev–Trinajstić information content (AvgIpc) is 2.75. The molecule has 98 valence electrons. The van der Waals surface area contributed by atoms with Gasteiger partial charge in [0.1, 0.15) is 0 Å². The minimum absolute atomic E-state index is 0.0516. The molecule has 0 bridgehead atoms. The van der Waals surface area contributed by atoms with E-state index in [0.29, 0.717) is 23.4 Å². The fraction of sp³-hybridized carbons (Fsp3) is 0.385. The van der Waals surface area contributed by atoms with Crippen LogP contribution in [0.3, 0.4) is 0 Å². The molecule has 1 aliphatic heterocycles. The van der Waals surface area contributed by atoms with Crippen LogP contribution in [0.4, 0.5) is 0 Å². The molecule has 18 heavy (non-hydrogen) atoms. The summed E-state index contributed by atoms with van der Waals surface area (Å²) >= 11 is 4.87. The van der Waals surface area contributed by atoms with Gasteiger partial charge in [0.25, 0.3) is 5.91 Å². The van der Waals surface area contributed by atoms with Gasteiger partial charge in [-0.15, -0.1) is 0 Å². The van der Waals surface area contributed by atoms with Crippen LogP contribution in [0.5, 0.6) is 0 Å². The first-order valence-electron chi connectivity index (χ1n) is 5.76. The van der Waals surface area contributed by atoms with Gasteiger partial charge in [0.2, 0.25) is 0 Å². The van der Waals surface area contributed by atoms with Crippen molar-refractivity contribution in [2.75, 3.05) is 12.0 Å². The Morgan fingerprint density at radius 3 is 2.72 bits per heavy atom. The number of benzene rings is 1. The molecule has 0 saturated carbocycles. The molecule has 2 rings (SSSR count). The topological polar surface area (TPSA) is 46.2 Å². The Hall–Kier alpha value is -0.810. The molecule has 0 atom stereocenters. The van der Waals surface area contributed by atoms with Crippen LogP contribution in [0, 0.1) is 0 Å². The number of hydrogen-bond donors (Lipinski definition) is 1. The van der Waals surface area contributed by atoms with E-state index in [4.69, 9.17) is 0 Å². The number of amides is 1. The maximum Gasteiger partial charge on any atom is 0.251 e. The van der Waals surface area contributed by atoms with Gasteiger partial charge in [-0.05, 0) is 24.0 Å². The predicted molar refractivity (Wildman–Crippen MR) is 79.4 cm³/mol. The Morgan fingerprint density at radius 1 is 1.44 bits per heavy atom. The number of hydrogen-bond acceptors (Lipinski definition) is 3. The molecule has 1 heterocycles. The van der Waals surface area contributed by atoms with Crippen molar-refractivity contribution in [2.45, 2.75) is 20.4 Å². The molecule has 0 aromatic heterocycles. The maximum atomic E-state index is 11.7. The summed E-state index contributed by atoms with van der Waals surface area (Å²) in [5.74, 6) is 0.387. The van der Waals surface area contributed by atoms with Crippen LogP contribution in [-0.2, 0) is 6.54 Å². The molecule has 0 aliphatic carbocycles. The fourth-order valence-electron chi connectivity index (χ4n) is 1.66. The Labute approximate surface area is 120 Å². The van der Waals surface area contributed by atoms with E-state index in [1.165, 1.54) is 11.8 Å². The summed E-state index contributed by atoms with van der Waals surface area (Å²) in [6.45, 7) is 4.53. The lowest BCUT2D eigenvalue weighted by molar-refractivity contribution is 0.0965. The normalized spacial score (nSPS) is 12.3. The van der Waals surface area contributed by atoms with Crippen LogP contribution in [0.1, 0.15) is 40.1 Å². The molecule has 5 heteroatoms. The number of Topliss-reactive ketones (excluding diaryl/α,β-unsaturated/α-hetero) is 1. The molecule has 0 radical (unpaired) electrons. The highest BCUT2D eigenvalue weighted by Crippen LogP contribution is 2.27. The molecular weight excluding hydrogens is 314 g/mol. The Morgan fingerprint density at radius 2 is 2.11 bits per heavy atom. The number of nitrogens with one attached hydrogen (secondary N) is 1. The van der Waals surface area contributed by atoms with Crippen molar-refractivity contribution in [2.24, 2.45) is 0 Å². The second kappa shape index (κ2) is 6.95. The van der Waals surface area contributed by atoms with Gasteiger partial charge in [-0.25, -0.2) is 0 Å². The summed E-state index contributed by atoms with van der Waals surface area (Å²) in [6.07, 6.45) is 1.88. The van der Waals surface area contributed by atoms with E-state index < -0.39 is 0 Å². The van der Waals surface area contributed by atoms with Gasteiger partial charge in [-0.3, -0.25) is 9.59 Å². The van der Waals surface area contributed by atoms with Gasteiger partial charge in [-0.2, -0.15) is 11.8 Å². The highest BCUT2D eigenvalue weighted by atomic mass is 79.9. The quantitative estimate of drug-likeness (QED) is 0.866. The number of rotatable bonds is 3. The maximum absolute atomic E-state index is 11.7. The van der Waals surface area contributed by atoms with E-state index in [1.807, 2.05) is 20.1 Å². The Balaban J connectivity index is 0.000000771. The minimum Gasteiger partial charge on any atom is -0.348 e. The molecule has 1 amide bonds. The minimum atomic E-state index is -0.102. The van der Waals surface area contributed by atoms with Crippen molar-refractivity contribution in [3.05, 3.63) is 33.3 Å². The van der Waals surface area contributed by atoms with Crippen molar-refractivity contribution >= 4 is 39.4 Å². The van der Waals surface area contributed by atoms with Crippen molar-refractivity contribution in [1.29, 1.82) is 0 Å². The summed E-state index contributed by atoms with van der Waals surface area (Å²) in [5.41, 5.74) is 2.14. The third-order valence-electron chi connectivity index (χ3n) is 2.46. The number of ketones is 1. The van der Waals surface area contributed by atoms with Crippen molar-refractivity contribution in [3.8, 4) is 0 Å². The molecule has 0 saturated heterocycles. The lowest BCUT2D eigenvalue weighted by Crippen LogP contribution is -2.12. The zero-order chi connectivity index (χ0) is 13.7. The smallest absolute Gasteiger partial charge is 0.251 e. The van der Waals surface area contributed by atoms with Crippen LogP contribution in [0.2, 0.25) is 0 Å². The number of carbonyl (C=O) groups excluding carboxylic acids is 2. The van der Waals surface area contributed by atoms with Gasteiger partial charge in [0, 0.05) is 22.1 Å². The summed E-state index contributed by atoms with van der Waals surface area (Å²) in [5, 5.41) is 2.74. The lowest BCUT2D eigenvalue weighted by atomic mass is 10.0. The Kier molecular flexibility index (Phi) is 5.88. The number of carbonyl (C=O) groups is 2. The summed E-state index contributed by atoms with van der Waals surface area (Å²) in [7, 11) is 0. The second-order valence-electron chi connectivity index (χ2n) is 3.52. The highest BCUT2D eigenvalue weighted by molar-refractivity contribution is 9.10. The molecule has 3 nitrogen and oxygen atoms in total. The molecular formula is C13H16BrNO2S. The van der Waals surface area contributed by atoms with Crippen molar-refractivity contribution < 1.29 is 9.59 Å². The first-order valence-corrected chi connectivity index (χ1v) is 7.95. The van der Waals surface area contributed by atoms with Crippen LogP contribution in [0.25, 0.3) is 0 Å². The van der Waals surface area contributed by atoms with E-state index in [9.17, 15) is 9.59 Å². The van der Waals surface area contributed by atoms with Crippen molar-refractivity contribution in [3.63, 3.8) is 0 Å². The first kappa shape index (κ1) is 15.2. The van der Waals surface area contributed by atoms with Crippen LogP contribution in [-0.4, -0.2) is 23.7 Å². The largest absolute Gasteiger partial charge is 0.348 e. The van der Waals surface area contributed by atoms with E-state index >= 15 is 0 Å². The number of halogens is 1. The molecule has 0 unspecified atom stereocenters. The summed E-state index contributed by atoms with van der Waals surface area (Å²) in [6, 6.07) is 3.47. The monoisotopic (exact) mass is 329 g/mol. The van der Waals surface area contributed by atoms with E-state index in [-0.39, 0.29) is 11.7 Å². The highest BCUT2D eigenvalue weighted by Gasteiger charge is 2.23. The second-order valence-corrected chi connectivity index (χ2v) is 5.24. The van der Waals surface area contributed by atoms with E-state index in [0.717, 1.165) is 10.0 Å². The number of fused-ring (bicyclic) bond motifs is 1. The van der Waals surface area contributed by atoms with Crippen molar-refractivity contribution in [1.82, 2.24) is 5.32 Å². The average molecular weight is 330 g/mol. The molecule has 1 aromatic carbocycles. The first-order chi connectivity index (χ1) is 8.63. The van der Waals surface area contributed by atoms with Crippen LogP contribution in [0.15, 0.2) is 16.6 Å². The number of thioether (sulfide) groups is 1. The summed E-state index contributed by atoms with van der Waals surface area (Å²) < 4.78 is 0.827. The van der Waals surface area contributed by atoms with Gasteiger partial charge in [-0.1, -0.05) is 29.8 Å². The van der Waals surface area contributed by atoms with E-state index in [1.54, 1.807) is 12.1 Å². The molecule has 0 fully saturated rings. The predicted octanol–water partition coefficient (Wildman–Crippen LogP) is 3.26. The van der Waals surface area contributed by atoms with Gasteiger partial charge in [0.05, 0.1) is 5.75 Å². The van der Waals surface area contributed by atoms with Gasteiger partial charge in [0.15, 0.2) is 5.78 Å². The molecule has 1 aliphatic rings. The van der Waals surface area contributed by atoms with Crippen LogP contribution < -0.4 is 5.32 Å². The molecule has 1 N–H and O–H groups in total. The van der Waals surface area contributed by atoms with Gasteiger partial charge < -0.3 is 5.32 Å². The Bertz CT molecular complexity index is 474. The lowest BCUT2D eigenvalue weighted by Gasteiger charge is -2.04. The summed E-state index contributed by atoms with van der Waals surface area (Å²) in [4.78, 5) is 23.2. The van der Waals surface area contributed by atoms with Crippen LogP contribution >= 0.6 is 27.7 Å². The third-order valence-corrected chi connectivity index (χ3v) is 3.72. The zero-order valence-corrected chi connectivity index (χ0v) is 13.1. The SMILES string of the molecule is CC.CSCC(=O)c1cc(Br)c2c(c1)C(=O)NC2. The fourth-order valence-corrected chi connectivity index (χ4v) is 2.69. The zero-order valence-electron chi connectivity index (χ0n) is 10.7. The third kappa shape index (κ3) is 3.14. The standard InChI is InChI=1S/C11H10BrNO2S.C2H6/c1-16-5-10(14)6-2-7-8(9(12)3-6)4-13-11(7)15;1-2/h2-3H,4-5H2,1H3,(H,13,15);1-2H3.